The van der Waals surface area contributed by atoms with Crippen LogP contribution >= 0.6 is 35.0 Å². The maximum absolute atomic E-state index is 12.5. The summed E-state index contributed by atoms with van der Waals surface area (Å²) < 4.78 is 27.6. The normalized spacial score (nSPS) is 11.9. The van der Waals surface area contributed by atoms with Crippen LogP contribution in [0, 0.1) is 0 Å². The molecule has 3 aromatic rings. The van der Waals surface area contributed by atoms with Gasteiger partial charge in [0.15, 0.2) is 0 Å². The summed E-state index contributed by atoms with van der Waals surface area (Å²) in [7, 11) is -4.08. The third-order valence-electron chi connectivity index (χ3n) is 4.75. The zero-order chi connectivity index (χ0) is 26.7. The molecular weight excluding hydrogens is 551 g/mol. The summed E-state index contributed by atoms with van der Waals surface area (Å²) in [5.41, 5.74) is 1.71. The molecule has 36 heavy (non-hydrogen) atoms. The van der Waals surface area contributed by atoms with Gasteiger partial charge in [-0.15, -0.1) is 5.10 Å². The number of hydrogen-bond donors (Lipinski definition) is 3. The molecule has 0 fully saturated rings. The Morgan fingerprint density at radius 3 is 2.44 bits per heavy atom. The van der Waals surface area contributed by atoms with Crippen LogP contribution in [0.25, 0.3) is 5.69 Å². The van der Waals surface area contributed by atoms with Crippen molar-refractivity contribution in [2.75, 3.05) is 17.6 Å². The first-order valence-corrected chi connectivity index (χ1v) is 13.5. The van der Waals surface area contributed by atoms with Crippen LogP contribution < -0.4 is 10.0 Å². The molecule has 0 aliphatic heterocycles. The minimum absolute atomic E-state index is 0.0397. The van der Waals surface area contributed by atoms with Gasteiger partial charge in [0.25, 0.3) is 0 Å². The zero-order valence-corrected chi connectivity index (χ0v) is 22.5. The van der Waals surface area contributed by atoms with Crippen LogP contribution in [-0.2, 0) is 25.0 Å². The molecule has 3 rings (SSSR count). The number of aromatic nitrogens is 4. The van der Waals surface area contributed by atoms with Crippen molar-refractivity contribution < 1.29 is 23.1 Å². The monoisotopic (exact) mass is 572 g/mol. The number of aliphatic carboxylic acids is 1. The third kappa shape index (κ3) is 6.95. The van der Waals surface area contributed by atoms with Crippen LogP contribution in [0.5, 0.6) is 0 Å². The summed E-state index contributed by atoms with van der Waals surface area (Å²) in [4.78, 5) is 22.9. The molecule has 0 atom stereocenters. The van der Waals surface area contributed by atoms with Gasteiger partial charge >= 0.3 is 5.97 Å². The molecular formula is C21H22Cl2N6O5S2. The van der Waals surface area contributed by atoms with Crippen molar-refractivity contribution in [2.24, 2.45) is 0 Å². The second kappa shape index (κ2) is 11.1. The molecule has 1 aromatic heterocycles. The molecule has 0 saturated heterocycles. The number of amides is 1. The molecule has 0 spiro atoms. The molecule has 1 heterocycles. The zero-order valence-electron chi connectivity index (χ0n) is 19.3. The summed E-state index contributed by atoms with van der Waals surface area (Å²) >= 11 is 13.7. The van der Waals surface area contributed by atoms with E-state index in [-0.39, 0.29) is 26.8 Å². The van der Waals surface area contributed by atoms with Gasteiger partial charge < -0.3 is 10.4 Å². The first-order chi connectivity index (χ1) is 16.8. The van der Waals surface area contributed by atoms with Crippen molar-refractivity contribution in [1.82, 2.24) is 24.9 Å². The quantitative estimate of drug-likeness (QED) is 0.327. The Morgan fingerprint density at radius 1 is 1.11 bits per heavy atom. The van der Waals surface area contributed by atoms with Gasteiger partial charge in [-0.3, -0.25) is 9.59 Å². The van der Waals surface area contributed by atoms with E-state index >= 15 is 0 Å². The van der Waals surface area contributed by atoms with E-state index in [1.165, 1.54) is 16.8 Å². The molecule has 0 unspecified atom stereocenters. The smallest absolute Gasteiger partial charge is 0.318 e. The second-order valence-electron chi connectivity index (χ2n) is 8.49. The average Bonchev–Trinajstić information content (AvgIpc) is 3.25. The number of benzene rings is 2. The topological polar surface area (TPSA) is 156 Å². The van der Waals surface area contributed by atoms with Gasteiger partial charge in [-0.1, -0.05) is 61.8 Å². The Morgan fingerprint density at radius 2 is 1.83 bits per heavy atom. The Hall–Kier alpha value is -2.71. The number of carbonyl (C=O) groups is 2. The Labute approximate surface area is 221 Å². The van der Waals surface area contributed by atoms with E-state index in [2.05, 4.69) is 41.6 Å². The summed E-state index contributed by atoms with van der Waals surface area (Å²) in [6.07, 6.45) is 0. The lowest BCUT2D eigenvalue weighted by Gasteiger charge is -2.20. The predicted molar refractivity (Wildman–Crippen MR) is 136 cm³/mol. The van der Waals surface area contributed by atoms with Crippen molar-refractivity contribution in [1.29, 1.82) is 0 Å². The molecule has 3 N–H and O–H groups in total. The minimum Gasteiger partial charge on any atom is -0.480 e. The lowest BCUT2D eigenvalue weighted by atomic mass is 9.87. The number of nitrogens with one attached hydrogen (secondary N) is 2. The van der Waals surface area contributed by atoms with Gasteiger partial charge in [0.2, 0.25) is 21.1 Å². The van der Waals surface area contributed by atoms with Crippen LogP contribution in [0.1, 0.15) is 26.3 Å². The summed E-state index contributed by atoms with van der Waals surface area (Å²) in [5, 5.41) is 23.6. The highest BCUT2D eigenvalue weighted by Crippen LogP contribution is 2.30. The SMILES string of the molecule is CC(C)(C)c1ccc(-n2nnnc2SCC(=O)Nc2ccc(S(=O)(=O)NCC(=O)O)cc2Cl)c(Cl)c1. The molecule has 0 saturated carbocycles. The molecule has 192 valence electrons. The summed E-state index contributed by atoms with van der Waals surface area (Å²) in [6.45, 7) is 5.44. The number of sulfonamides is 1. The van der Waals surface area contributed by atoms with Gasteiger partial charge in [-0.05, 0) is 51.7 Å². The lowest BCUT2D eigenvalue weighted by Crippen LogP contribution is -2.29. The van der Waals surface area contributed by atoms with Crippen molar-refractivity contribution in [2.45, 2.75) is 36.2 Å². The number of halogens is 2. The van der Waals surface area contributed by atoms with E-state index in [4.69, 9.17) is 28.3 Å². The first kappa shape index (κ1) is 27.9. The number of thioether (sulfide) groups is 1. The molecule has 2 aromatic carbocycles. The number of carboxylic acids is 1. The van der Waals surface area contributed by atoms with Crippen LogP contribution in [0.15, 0.2) is 46.5 Å². The second-order valence-corrected chi connectivity index (χ2v) is 12.0. The largest absolute Gasteiger partial charge is 0.480 e. The van der Waals surface area contributed by atoms with Crippen molar-refractivity contribution in [3.8, 4) is 5.69 Å². The number of carbonyl (C=O) groups excluding carboxylic acids is 1. The first-order valence-electron chi connectivity index (χ1n) is 10.3. The Bertz CT molecular complexity index is 1410. The van der Waals surface area contributed by atoms with Crippen molar-refractivity contribution >= 4 is 62.6 Å². The predicted octanol–water partition coefficient (Wildman–Crippen LogP) is 3.36. The third-order valence-corrected chi connectivity index (χ3v) is 7.69. The minimum atomic E-state index is -4.08. The summed E-state index contributed by atoms with van der Waals surface area (Å²) in [6, 6.07) is 9.21. The van der Waals surface area contributed by atoms with E-state index < -0.39 is 28.4 Å². The highest BCUT2D eigenvalue weighted by Gasteiger charge is 2.20. The number of rotatable bonds is 9. The lowest BCUT2D eigenvalue weighted by molar-refractivity contribution is -0.135. The highest BCUT2D eigenvalue weighted by molar-refractivity contribution is 7.99. The maximum Gasteiger partial charge on any atom is 0.318 e. The van der Waals surface area contributed by atoms with Gasteiger partial charge in [-0.2, -0.15) is 9.40 Å². The van der Waals surface area contributed by atoms with Gasteiger partial charge in [0, 0.05) is 0 Å². The molecule has 1 amide bonds. The summed E-state index contributed by atoms with van der Waals surface area (Å²) in [5.74, 6) is -1.85. The molecule has 15 heteroatoms. The molecule has 11 nitrogen and oxygen atoms in total. The Kier molecular flexibility index (Phi) is 8.62. The van der Waals surface area contributed by atoms with Gasteiger partial charge in [-0.25, -0.2) is 8.42 Å². The van der Waals surface area contributed by atoms with Crippen LogP contribution in [0.3, 0.4) is 0 Å². The molecule has 0 aliphatic rings. The fourth-order valence-corrected chi connectivity index (χ4v) is 5.12. The van der Waals surface area contributed by atoms with Crippen LogP contribution in [0.2, 0.25) is 10.0 Å². The van der Waals surface area contributed by atoms with Crippen LogP contribution in [0.4, 0.5) is 5.69 Å². The van der Waals surface area contributed by atoms with E-state index in [0.717, 1.165) is 23.4 Å². The molecule has 0 aliphatic carbocycles. The number of anilines is 1. The average molecular weight is 573 g/mol. The van der Waals surface area contributed by atoms with E-state index in [1.807, 2.05) is 22.9 Å². The van der Waals surface area contributed by atoms with E-state index in [1.54, 1.807) is 0 Å². The van der Waals surface area contributed by atoms with E-state index in [0.29, 0.717) is 15.9 Å². The standard InChI is InChI=1S/C21H22Cl2N6O5S2/c1-21(2,3)12-4-7-17(15(23)8-12)29-20(26-27-28-29)35-11-18(30)25-16-6-5-13(9-14(16)22)36(33,34)24-10-19(31)32/h4-9,24H,10-11H2,1-3H3,(H,25,30)(H,31,32). The number of tetrazole rings is 1. The molecule has 0 bridgehead atoms. The van der Waals surface area contributed by atoms with Gasteiger partial charge in [0.1, 0.15) is 6.54 Å². The number of carboxylic acid groups (broad SMARTS) is 1. The van der Waals surface area contributed by atoms with Crippen molar-refractivity contribution in [3.05, 3.63) is 52.0 Å². The maximum atomic E-state index is 12.5. The number of nitrogens with zero attached hydrogens (tertiary/aromatic N) is 4. The Balaban J connectivity index is 1.67. The van der Waals surface area contributed by atoms with Crippen LogP contribution in [-0.4, -0.2) is 57.9 Å². The van der Waals surface area contributed by atoms with E-state index in [9.17, 15) is 18.0 Å². The van der Waals surface area contributed by atoms with Crippen molar-refractivity contribution in [3.63, 3.8) is 0 Å². The number of hydrogen-bond acceptors (Lipinski definition) is 8. The molecule has 0 radical (unpaired) electrons. The fraction of sp³-hybridized carbons (Fsp3) is 0.286. The fourth-order valence-electron chi connectivity index (χ4n) is 2.89. The highest BCUT2D eigenvalue weighted by atomic mass is 35.5. The van der Waals surface area contributed by atoms with Gasteiger partial charge in [0.05, 0.1) is 32.1 Å².